The van der Waals surface area contributed by atoms with Crippen LogP contribution in [-0.2, 0) is 9.59 Å². The van der Waals surface area contributed by atoms with E-state index in [0.717, 1.165) is 38.8 Å². The van der Waals surface area contributed by atoms with E-state index in [-0.39, 0.29) is 17.0 Å². The molecule has 0 spiro atoms. The molecule has 1 saturated heterocycles. The number of hydrogen-bond donors (Lipinski definition) is 1. The number of carbonyl (C=O) groups excluding carboxylic acids is 3. The van der Waals surface area contributed by atoms with Crippen LogP contribution in [0, 0.1) is 0 Å². The summed E-state index contributed by atoms with van der Waals surface area (Å²) in [7, 11) is 2.06. The zero-order valence-electron chi connectivity index (χ0n) is 19.3. The van der Waals surface area contributed by atoms with Crippen molar-refractivity contribution in [2.45, 2.75) is 38.6 Å². The van der Waals surface area contributed by atoms with Crippen LogP contribution in [0.1, 0.15) is 44.2 Å². The van der Waals surface area contributed by atoms with E-state index in [1.165, 1.54) is 0 Å². The molecule has 4 rings (SSSR count). The maximum atomic E-state index is 12.9. The number of halogens is 2. The van der Waals surface area contributed by atoms with Gasteiger partial charge in [0.25, 0.3) is 11.1 Å². The summed E-state index contributed by atoms with van der Waals surface area (Å²) in [6.07, 6.45) is 2.63. The fourth-order valence-corrected chi connectivity index (χ4v) is 5.68. The van der Waals surface area contributed by atoms with Crippen molar-refractivity contribution in [3.63, 3.8) is 0 Å². The number of anilines is 2. The van der Waals surface area contributed by atoms with Gasteiger partial charge in [0.15, 0.2) is 0 Å². The zero-order valence-corrected chi connectivity index (χ0v) is 22.5. The molecule has 2 aromatic carbocycles. The fraction of sp³-hybridized carbons (Fsp3) is 0.320. The monoisotopic (exact) mass is 561 g/mol. The highest BCUT2D eigenvalue weighted by Crippen LogP contribution is 2.45. The minimum atomic E-state index is -0.499. The normalized spacial score (nSPS) is 20.6. The Morgan fingerprint density at radius 1 is 1.26 bits per heavy atom. The molecule has 1 unspecified atom stereocenters. The van der Waals surface area contributed by atoms with Gasteiger partial charge in [-0.1, -0.05) is 34.5 Å². The number of nitrogens with one attached hydrogen (secondary N) is 1. The summed E-state index contributed by atoms with van der Waals surface area (Å²) < 4.78 is 0.882. The molecule has 0 saturated carbocycles. The standard InChI is InChI=1S/C25H25BrClN3O3S/c1-14-12-25(2,3)29(4)20-11-19(27)15(9-18(14)20)10-21-23(32)30(24(33)34-21)13-22(31)28-17-7-5-16(26)6-8-17/h5-11,14H,12-13H2,1-4H3,(H,28,31)/b21-10+. The average molecular weight is 563 g/mol. The predicted molar refractivity (Wildman–Crippen MR) is 142 cm³/mol. The molecule has 2 heterocycles. The zero-order chi connectivity index (χ0) is 24.8. The fourth-order valence-electron chi connectivity index (χ4n) is 4.37. The van der Waals surface area contributed by atoms with Crippen molar-refractivity contribution in [2.75, 3.05) is 23.8 Å². The Bertz CT molecular complexity index is 1210. The summed E-state index contributed by atoms with van der Waals surface area (Å²) in [5.74, 6) is -0.624. The summed E-state index contributed by atoms with van der Waals surface area (Å²) in [5, 5.41) is 2.73. The molecule has 0 aromatic heterocycles. The number of hydrogen-bond acceptors (Lipinski definition) is 5. The smallest absolute Gasteiger partial charge is 0.294 e. The third kappa shape index (κ3) is 4.90. The van der Waals surface area contributed by atoms with Gasteiger partial charge in [-0.2, -0.15) is 0 Å². The number of fused-ring (bicyclic) bond motifs is 1. The van der Waals surface area contributed by atoms with Gasteiger partial charge < -0.3 is 10.2 Å². The van der Waals surface area contributed by atoms with Crippen molar-refractivity contribution in [3.8, 4) is 0 Å². The van der Waals surface area contributed by atoms with Crippen LogP contribution in [-0.4, -0.2) is 41.1 Å². The highest BCUT2D eigenvalue weighted by molar-refractivity contribution is 9.10. The molecule has 0 bridgehead atoms. The second-order valence-electron chi connectivity index (χ2n) is 9.23. The maximum absolute atomic E-state index is 12.9. The number of nitrogens with zero attached hydrogens (tertiary/aromatic N) is 2. The number of rotatable bonds is 4. The minimum absolute atomic E-state index is 0.0107. The Kier molecular flexibility index (Phi) is 6.86. The van der Waals surface area contributed by atoms with Gasteiger partial charge >= 0.3 is 0 Å². The number of imide groups is 1. The van der Waals surface area contributed by atoms with Crippen molar-refractivity contribution in [2.24, 2.45) is 0 Å². The van der Waals surface area contributed by atoms with Crippen molar-refractivity contribution in [3.05, 3.63) is 61.9 Å². The molecule has 6 nitrogen and oxygen atoms in total. The SMILES string of the molecule is CC1CC(C)(C)N(C)c2cc(Cl)c(/C=C3/SC(=O)N(CC(=O)Nc4ccc(Br)cc4)C3=O)cc21. The first-order valence-electron chi connectivity index (χ1n) is 10.8. The third-order valence-corrected chi connectivity index (χ3v) is 8.11. The average Bonchev–Trinajstić information content (AvgIpc) is 3.02. The van der Waals surface area contributed by atoms with Gasteiger partial charge in [-0.15, -0.1) is 0 Å². The highest BCUT2D eigenvalue weighted by atomic mass is 79.9. The molecule has 2 aliphatic heterocycles. The largest absolute Gasteiger partial charge is 0.369 e. The number of thioether (sulfide) groups is 1. The second kappa shape index (κ2) is 9.40. The van der Waals surface area contributed by atoms with E-state index >= 15 is 0 Å². The Hall–Kier alpha value is -2.29. The highest BCUT2D eigenvalue weighted by Gasteiger charge is 2.37. The van der Waals surface area contributed by atoms with Gasteiger partial charge in [-0.25, -0.2) is 0 Å². The van der Waals surface area contributed by atoms with Crippen LogP contribution in [0.4, 0.5) is 16.2 Å². The van der Waals surface area contributed by atoms with Crippen LogP contribution in [0.5, 0.6) is 0 Å². The summed E-state index contributed by atoms with van der Waals surface area (Å²) >= 11 is 10.7. The van der Waals surface area contributed by atoms with E-state index < -0.39 is 17.1 Å². The Balaban J connectivity index is 1.54. The first-order chi connectivity index (χ1) is 16.0. The van der Waals surface area contributed by atoms with Gasteiger partial charge in [0, 0.05) is 33.5 Å². The summed E-state index contributed by atoms with van der Waals surface area (Å²) in [5.41, 5.74) is 3.51. The van der Waals surface area contributed by atoms with Gasteiger partial charge in [0.1, 0.15) is 6.54 Å². The van der Waals surface area contributed by atoms with E-state index in [1.807, 2.05) is 12.1 Å². The van der Waals surface area contributed by atoms with E-state index in [1.54, 1.807) is 30.3 Å². The van der Waals surface area contributed by atoms with E-state index in [0.29, 0.717) is 22.2 Å². The van der Waals surface area contributed by atoms with Gasteiger partial charge in [-0.05, 0) is 91.5 Å². The van der Waals surface area contributed by atoms with E-state index in [2.05, 4.69) is 54.0 Å². The van der Waals surface area contributed by atoms with Crippen molar-refractivity contribution < 1.29 is 14.4 Å². The van der Waals surface area contributed by atoms with Gasteiger partial charge in [-0.3, -0.25) is 19.3 Å². The maximum Gasteiger partial charge on any atom is 0.294 e. The Morgan fingerprint density at radius 2 is 1.94 bits per heavy atom. The van der Waals surface area contributed by atoms with E-state index in [4.69, 9.17) is 11.6 Å². The number of benzene rings is 2. The molecule has 1 fully saturated rings. The Morgan fingerprint density at radius 3 is 2.62 bits per heavy atom. The van der Waals surface area contributed by atoms with Crippen molar-refractivity contribution >= 4 is 73.8 Å². The molecular formula is C25H25BrClN3O3S. The molecule has 0 radical (unpaired) electrons. The lowest BCUT2D eigenvalue weighted by Crippen LogP contribution is -2.45. The van der Waals surface area contributed by atoms with Gasteiger partial charge in [0.2, 0.25) is 5.91 Å². The predicted octanol–water partition coefficient (Wildman–Crippen LogP) is 6.50. The van der Waals surface area contributed by atoms with Crippen LogP contribution in [0.2, 0.25) is 5.02 Å². The quantitative estimate of drug-likeness (QED) is 0.431. The number of amides is 3. The molecule has 34 heavy (non-hydrogen) atoms. The van der Waals surface area contributed by atoms with Gasteiger partial charge in [0.05, 0.1) is 4.91 Å². The molecule has 1 N–H and O–H groups in total. The van der Waals surface area contributed by atoms with Crippen molar-refractivity contribution in [1.82, 2.24) is 4.90 Å². The van der Waals surface area contributed by atoms with Crippen LogP contribution in [0.25, 0.3) is 6.08 Å². The molecule has 9 heteroatoms. The molecule has 2 aliphatic rings. The molecule has 178 valence electrons. The second-order valence-corrected chi connectivity index (χ2v) is 11.5. The third-order valence-electron chi connectivity index (χ3n) is 6.34. The lowest BCUT2D eigenvalue weighted by molar-refractivity contribution is -0.127. The van der Waals surface area contributed by atoms with Crippen molar-refractivity contribution in [1.29, 1.82) is 0 Å². The minimum Gasteiger partial charge on any atom is -0.369 e. The topological polar surface area (TPSA) is 69.7 Å². The molecule has 0 aliphatic carbocycles. The Labute approximate surface area is 216 Å². The summed E-state index contributed by atoms with van der Waals surface area (Å²) in [4.78, 5) is 41.3. The molecule has 3 amide bonds. The van der Waals surface area contributed by atoms with Crippen LogP contribution < -0.4 is 10.2 Å². The van der Waals surface area contributed by atoms with Crippen LogP contribution >= 0.6 is 39.3 Å². The first-order valence-corrected chi connectivity index (χ1v) is 12.8. The lowest BCUT2D eigenvalue weighted by Gasteiger charge is -2.45. The molecule has 2 aromatic rings. The molecule has 1 atom stereocenters. The number of carbonyl (C=O) groups is 3. The summed E-state index contributed by atoms with van der Waals surface area (Å²) in [6, 6.07) is 11.0. The first kappa shape index (κ1) is 24.8. The van der Waals surface area contributed by atoms with Crippen LogP contribution in [0.3, 0.4) is 0 Å². The molecular weight excluding hydrogens is 538 g/mol. The van der Waals surface area contributed by atoms with Crippen LogP contribution in [0.15, 0.2) is 45.8 Å². The van der Waals surface area contributed by atoms with E-state index in [9.17, 15) is 14.4 Å². The summed E-state index contributed by atoms with van der Waals surface area (Å²) in [6.45, 7) is 6.24. The lowest BCUT2D eigenvalue weighted by atomic mass is 9.80.